The lowest BCUT2D eigenvalue weighted by atomic mass is 10.1. The summed E-state index contributed by atoms with van der Waals surface area (Å²) in [6.07, 6.45) is 0. The van der Waals surface area contributed by atoms with Gasteiger partial charge in [0, 0.05) is 16.1 Å². The second-order valence-corrected chi connectivity index (χ2v) is 5.42. The predicted molar refractivity (Wildman–Crippen MR) is 79.5 cm³/mol. The molecule has 0 spiro atoms. The minimum atomic E-state index is 0.0802. The lowest BCUT2D eigenvalue weighted by molar-refractivity contribution is 0.750. The van der Waals surface area contributed by atoms with Gasteiger partial charge in [-0.05, 0) is 25.5 Å². The normalized spacial score (nSPS) is 10.1. The Morgan fingerprint density at radius 1 is 1.32 bits per heavy atom. The topological polar surface area (TPSA) is 48.0 Å². The molecule has 2 aromatic rings. The van der Waals surface area contributed by atoms with Crippen LogP contribution in [0.2, 0.25) is 0 Å². The van der Waals surface area contributed by atoms with Gasteiger partial charge in [0.15, 0.2) is 0 Å². The Hall–Kier alpha value is -1.83. The number of hydrogen-bond donors (Lipinski definition) is 1. The molecule has 0 aliphatic heterocycles. The molecule has 0 aliphatic rings. The Labute approximate surface area is 116 Å². The summed E-state index contributed by atoms with van der Waals surface area (Å²) in [5.74, 6) is 5.91. The highest BCUT2D eigenvalue weighted by Gasteiger charge is 2.09. The lowest BCUT2D eigenvalue weighted by Gasteiger charge is -2.07. The summed E-state index contributed by atoms with van der Waals surface area (Å²) in [5, 5.41) is 0. The van der Waals surface area contributed by atoms with E-state index in [2.05, 4.69) is 11.8 Å². The van der Waals surface area contributed by atoms with Crippen LogP contribution in [0.4, 0.5) is 0 Å². The smallest absolute Gasteiger partial charge is 0.307 e. The molecule has 0 aliphatic carbocycles. The average Bonchev–Trinajstić information content (AvgIpc) is 2.64. The van der Waals surface area contributed by atoms with Gasteiger partial charge in [-0.15, -0.1) is 0 Å². The van der Waals surface area contributed by atoms with Crippen LogP contribution in [0.1, 0.15) is 21.7 Å². The third-order valence-electron chi connectivity index (χ3n) is 3.05. The summed E-state index contributed by atoms with van der Waals surface area (Å²) >= 11 is 1.29. The third kappa shape index (κ3) is 2.95. The van der Waals surface area contributed by atoms with Crippen molar-refractivity contribution in [2.75, 3.05) is 6.54 Å². The van der Waals surface area contributed by atoms with E-state index in [0.29, 0.717) is 13.1 Å². The molecule has 98 valence electrons. The molecule has 3 nitrogen and oxygen atoms in total. The first-order chi connectivity index (χ1) is 9.13. The monoisotopic (exact) mass is 272 g/mol. The molecule has 1 heterocycles. The van der Waals surface area contributed by atoms with Gasteiger partial charge in [0.2, 0.25) is 0 Å². The molecule has 2 N–H and O–H groups in total. The van der Waals surface area contributed by atoms with Crippen molar-refractivity contribution >= 4 is 11.3 Å². The molecule has 0 unspecified atom stereocenters. The minimum Gasteiger partial charge on any atom is -0.320 e. The Balaban J connectivity index is 2.41. The van der Waals surface area contributed by atoms with Crippen LogP contribution in [-0.2, 0) is 6.54 Å². The number of aromatic nitrogens is 1. The molecular weight excluding hydrogens is 256 g/mol. The van der Waals surface area contributed by atoms with Crippen LogP contribution in [-0.4, -0.2) is 11.1 Å². The van der Waals surface area contributed by atoms with E-state index in [9.17, 15) is 4.79 Å². The van der Waals surface area contributed by atoms with E-state index in [1.54, 1.807) is 4.57 Å². The van der Waals surface area contributed by atoms with Crippen molar-refractivity contribution in [2.45, 2.75) is 20.4 Å². The number of aryl methyl sites for hydroxylation is 1. The zero-order chi connectivity index (χ0) is 13.8. The van der Waals surface area contributed by atoms with E-state index < -0.39 is 0 Å². The van der Waals surface area contributed by atoms with Crippen LogP contribution < -0.4 is 10.6 Å². The first kappa shape index (κ1) is 13.6. The van der Waals surface area contributed by atoms with Gasteiger partial charge in [0.05, 0.1) is 13.1 Å². The molecule has 0 radical (unpaired) electrons. The van der Waals surface area contributed by atoms with Gasteiger partial charge in [0.25, 0.3) is 0 Å². The zero-order valence-corrected chi connectivity index (χ0v) is 11.9. The van der Waals surface area contributed by atoms with Gasteiger partial charge in [-0.25, -0.2) is 0 Å². The standard InChI is InChI=1S/C15H16N2OS/c1-11-12(2)19-15(18)17(11)10-14-7-4-3-6-13(14)8-5-9-16/h3-4,6-7H,9-10,16H2,1-2H3. The highest BCUT2D eigenvalue weighted by Crippen LogP contribution is 2.14. The van der Waals surface area contributed by atoms with E-state index in [1.165, 1.54) is 11.3 Å². The molecule has 0 atom stereocenters. The second kappa shape index (κ2) is 5.87. The van der Waals surface area contributed by atoms with Crippen molar-refractivity contribution in [1.29, 1.82) is 0 Å². The highest BCUT2D eigenvalue weighted by molar-refractivity contribution is 7.09. The van der Waals surface area contributed by atoms with Crippen LogP contribution in [0.3, 0.4) is 0 Å². The quantitative estimate of drug-likeness (QED) is 0.849. The fraction of sp³-hybridized carbons (Fsp3) is 0.267. The van der Waals surface area contributed by atoms with Gasteiger partial charge >= 0.3 is 4.87 Å². The Bertz CT molecular complexity index is 701. The SMILES string of the molecule is Cc1sc(=O)n(Cc2ccccc2C#CCN)c1C. The number of nitrogens with zero attached hydrogens (tertiary/aromatic N) is 1. The first-order valence-corrected chi connectivity index (χ1v) is 6.89. The zero-order valence-electron chi connectivity index (χ0n) is 11.1. The average molecular weight is 272 g/mol. The summed E-state index contributed by atoms with van der Waals surface area (Å²) in [4.78, 5) is 13.1. The second-order valence-electron chi connectivity index (χ2n) is 4.26. The largest absolute Gasteiger partial charge is 0.320 e. The summed E-state index contributed by atoms with van der Waals surface area (Å²) in [6.45, 7) is 4.84. The summed E-state index contributed by atoms with van der Waals surface area (Å²) in [6, 6.07) is 7.86. The van der Waals surface area contributed by atoms with E-state index in [1.807, 2.05) is 38.1 Å². The van der Waals surface area contributed by atoms with Crippen molar-refractivity contribution in [1.82, 2.24) is 4.57 Å². The Morgan fingerprint density at radius 2 is 2.05 bits per heavy atom. The summed E-state index contributed by atoms with van der Waals surface area (Å²) in [5.41, 5.74) is 8.41. The van der Waals surface area contributed by atoms with Crippen molar-refractivity contribution in [2.24, 2.45) is 5.73 Å². The van der Waals surface area contributed by atoms with E-state index >= 15 is 0 Å². The maximum absolute atomic E-state index is 11.9. The maximum Gasteiger partial charge on any atom is 0.307 e. The van der Waals surface area contributed by atoms with Crippen LogP contribution in [0, 0.1) is 25.7 Å². The molecule has 0 saturated carbocycles. The Kier molecular flexibility index (Phi) is 4.20. The molecule has 0 saturated heterocycles. The van der Waals surface area contributed by atoms with E-state index in [4.69, 9.17) is 5.73 Å². The van der Waals surface area contributed by atoms with Crippen LogP contribution in [0.25, 0.3) is 0 Å². The Morgan fingerprint density at radius 3 is 2.68 bits per heavy atom. The highest BCUT2D eigenvalue weighted by atomic mass is 32.1. The van der Waals surface area contributed by atoms with Gasteiger partial charge in [-0.3, -0.25) is 9.36 Å². The van der Waals surface area contributed by atoms with Crippen molar-refractivity contribution in [3.8, 4) is 11.8 Å². The summed E-state index contributed by atoms with van der Waals surface area (Å²) < 4.78 is 1.79. The molecule has 19 heavy (non-hydrogen) atoms. The number of benzene rings is 1. The van der Waals surface area contributed by atoms with Gasteiger partial charge in [0.1, 0.15) is 0 Å². The van der Waals surface area contributed by atoms with Gasteiger partial charge < -0.3 is 5.73 Å². The fourth-order valence-electron chi connectivity index (χ4n) is 1.87. The minimum absolute atomic E-state index is 0.0802. The van der Waals surface area contributed by atoms with Gasteiger partial charge in [-0.1, -0.05) is 41.4 Å². The lowest BCUT2D eigenvalue weighted by Crippen LogP contribution is -2.16. The molecule has 1 aromatic carbocycles. The van der Waals surface area contributed by atoms with Crippen LogP contribution in [0.5, 0.6) is 0 Å². The molecule has 0 bridgehead atoms. The predicted octanol–water partition coefficient (Wildman–Crippen LogP) is 1.89. The fourth-order valence-corrected chi connectivity index (χ4v) is 2.70. The van der Waals surface area contributed by atoms with E-state index in [-0.39, 0.29) is 4.87 Å². The molecule has 2 rings (SSSR count). The molecule has 0 amide bonds. The summed E-state index contributed by atoms with van der Waals surface area (Å²) in [7, 11) is 0. The maximum atomic E-state index is 11.9. The number of thiazole rings is 1. The van der Waals surface area contributed by atoms with Crippen molar-refractivity contribution in [3.63, 3.8) is 0 Å². The van der Waals surface area contributed by atoms with E-state index in [0.717, 1.165) is 21.7 Å². The molecule has 0 fully saturated rings. The molecule has 1 aromatic heterocycles. The first-order valence-electron chi connectivity index (χ1n) is 6.07. The van der Waals surface area contributed by atoms with Crippen LogP contribution in [0.15, 0.2) is 29.1 Å². The number of hydrogen-bond acceptors (Lipinski definition) is 3. The van der Waals surface area contributed by atoms with Gasteiger partial charge in [-0.2, -0.15) is 0 Å². The van der Waals surface area contributed by atoms with Crippen molar-refractivity contribution < 1.29 is 0 Å². The van der Waals surface area contributed by atoms with Crippen molar-refractivity contribution in [3.05, 3.63) is 55.6 Å². The van der Waals surface area contributed by atoms with Crippen LogP contribution >= 0.6 is 11.3 Å². The number of rotatable bonds is 2. The molecule has 4 heteroatoms. The number of nitrogens with two attached hydrogens (primary N) is 1. The molecular formula is C15H16N2OS. The third-order valence-corrected chi connectivity index (χ3v) is 4.04.